The van der Waals surface area contributed by atoms with Crippen LogP contribution in [0.4, 0.5) is 0 Å². The van der Waals surface area contributed by atoms with Gasteiger partial charge < -0.3 is 10.1 Å². The monoisotopic (exact) mass is 442 g/mol. The molecule has 0 bridgehead atoms. The standard InChI is InChI=1S/C22H26N4O2S2/c1-28-18-12-7-6-11-17(18)26-21(19-13-8-14-29-19)24-25-22(26)30-15-20(27)23-16-9-4-2-3-5-10-16/h6-8,11-14,16H,2-5,9-10,15H2,1H3,(H,23,27). The Labute approximate surface area is 185 Å². The van der Waals surface area contributed by atoms with E-state index in [-0.39, 0.29) is 5.91 Å². The van der Waals surface area contributed by atoms with Crippen molar-refractivity contribution < 1.29 is 9.53 Å². The first-order chi connectivity index (χ1) is 14.8. The molecule has 4 rings (SSSR count). The highest BCUT2D eigenvalue weighted by molar-refractivity contribution is 7.99. The Morgan fingerprint density at radius 2 is 1.97 bits per heavy atom. The van der Waals surface area contributed by atoms with Gasteiger partial charge in [-0.2, -0.15) is 0 Å². The molecule has 0 atom stereocenters. The van der Waals surface area contributed by atoms with Crippen LogP contribution in [0, 0.1) is 0 Å². The lowest BCUT2D eigenvalue weighted by molar-refractivity contribution is -0.119. The van der Waals surface area contributed by atoms with Crippen molar-refractivity contribution in [1.29, 1.82) is 0 Å². The highest BCUT2D eigenvalue weighted by Gasteiger charge is 2.21. The van der Waals surface area contributed by atoms with E-state index in [2.05, 4.69) is 15.5 Å². The zero-order valence-corrected chi connectivity index (χ0v) is 18.7. The van der Waals surface area contributed by atoms with E-state index in [1.54, 1.807) is 18.4 Å². The van der Waals surface area contributed by atoms with Gasteiger partial charge in [-0.15, -0.1) is 21.5 Å². The summed E-state index contributed by atoms with van der Waals surface area (Å²) in [6.07, 6.45) is 7.10. The molecule has 0 unspecified atom stereocenters. The largest absolute Gasteiger partial charge is 0.495 e. The lowest BCUT2D eigenvalue weighted by Gasteiger charge is -2.16. The molecule has 158 valence electrons. The number of methoxy groups -OCH3 is 1. The summed E-state index contributed by atoms with van der Waals surface area (Å²) in [6, 6.07) is 12.1. The van der Waals surface area contributed by atoms with Crippen LogP contribution in [0.25, 0.3) is 16.4 Å². The fourth-order valence-electron chi connectivity index (χ4n) is 3.78. The number of thioether (sulfide) groups is 1. The molecule has 1 amide bonds. The number of para-hydroxylation sites is 2. The molecular formula is C22H26N4O2S2. The average molecular weight is 443 g/mol. The van der Waals surface area contributed by atoms with Gasteiger partial charge in [0.25, 0.3) is 0 Å². The van der Waals surface area contributed by atoms with E-state index in [1.165, 1.54) is 37.4 Å². The Balaban J connectivity index is 1.55. The fraction of sp³-hybridized carbons (Fsp3) is 0.409. The second-order valence-corrected chi connectivity index (χ2v) is 9.23. The van der Waals surface area contributed by atoms with Crippen LogP contribution in [0.5, 0.6) is 5.75 Å². The summed E-state index contributed by atoms with van der Waals surface area (Å²) in [5.74, 6) is 1.86. The summed E-state index contributed by atoms with van der Waals surface area (Å²) >= 11 is 3.02. The minimum absolute atomic E-state index is 0.0548. The first-order valence-electron chi connectivity index (χ1n) is 10.3. The molecule has 0 aliphatic heterocycles. The van der Waals surface area contributed by atoms with Gasteiger partial charge in [-0.25, -0.2) is 0 Å². The van der Waals surface area contributed by atoms with E-state index < -0.39 is 0 Å². The van der Waals surface area contributed by atoms with E-state index in [0.29, 0.717) is 17.0 Å². The molecule has 0 radical (unpaired) electrons. The molecule has 0 saturated heterocycles. The van der Waals surface area contributed by atoms with E-state index in [0.717, 1.165) is 35.0 Å². The van der Waals surface area contributed by atoms with E-state index >= 15 is 0 Å². The Hall–Kier alpha value is -2.32. The second-order valence-electron chi connectivity index (χ2n) is 7.34. The van der Waals surface area contributed by atoms with Crippen molar-refractivity contribution in [2.75, 3.05) is 12.9 Å². The third-order valence-corrected chi connectivity index (χ3v) is 7.05. The van der Waals surface area contributed by atoms with Gasteiger partial charge in [0.1, 0.15) is 5.75 Å². The quantitative estimate of drug-likeness (QED) is 0.415. The highest BCUT2D eigenvalue weighted by Crippen LogP contribution is 2.34. The number of thiophene rings is 1. The smallest absolute Gasteiger partial charge is 0.230 e. The Kier molecular flexibility index (Phi) is 7.07. The fourth-order valence-corrected chi connectivity index (χ4v) is 5.24. The van der Waals surface area contributed by atoms with Crippen molar-refractivity contribution in [1.82, 2.24) is 20.1 Å². The maximum Gasteiger partial charge on any atom is 0.230 e. The number of carbonyl (C=O) groups excluding carboxylic acids is 1. The average Bonchev–Trinajstić information content (AvgIpc) is 3.37. The molecule has 30 heavy (non-hydrogen) atoms. The van der Waals surface area contributed by atoms with E-state index in [9.17, 15) is 4.79 Å². The minimum atomic E-state index is 0.0548. The summed E-state index contributed by atoms with van der Waals surface area (Å²) < 4.78 is 7.55. The van der Waals surface area contributed by atoms with Crippen LogP contribution in [0.15, 0.2) is 46.9 Å². The van der Waals surface area contributed by atoms with Gasteiger partial charge in [0.15, 0.2) is 11.0 Å². The summed E-state index contributed by atoms with van der Waals surface area (Å²) in [5.41, 5.74) is 0.861. The third-order valence-electron chi connectivity index (χ3n) is 5.25. The van der Waals surface area contributed by atoms with Crippen LogP contribution in [-0.2, 0) is 4.79 Å². The third kappa shape index (κ3) is 4.87. The predicted octanol–water partition coefficient (Wildman–Crippen LogP) is 4.94. The van der Waals surface area contributed by atoms with Gasteiger partial charge in [0.05, 0.1) is 23.4 Å². The number of amides is 1. The van der Waals surface area contributed by atoms with Crippen molar-refractivity contribution in [3.05, 3.63) is 41.8 Å². The lowest BCUT2D eigenvalue weighted by atomic mass is 10.1. The molecule has 1 aromatic carbocycles. The van der Waals surface area contributed by atoms with Gasteiger partial charge >= 0.3 is 0 Å². The summed E-state index contributed by atoms with van der Waals surface area (Å²) in [4.78, 5) is 13.6. The van der Waals surface area contributed by atoms with Crippen LogP contribution in [0.2, 0.25) is 0 Å². The van der Waals surface area contributed by atoms with Gasteiger partial charge in [0, 0.05) is 6.04 Å². The van der Waals surface area contributed by atoms with E-state index in [1.807, 2.05) is 46.3 Å². The maximum absolute atomic E-state index is 12.6. The molecule has 1 aliphatic carbocycles. The molecule has 1 fully saturated rings. The normalized spacial score (nSPS) is 15.0. The number of rotatable bonds is 7. The Morgan fingerprint density at radius 1 is 1.17 bits per heavy atom. The number of benzene rings is 1. The van der Waals surface area contributed by atoms with Crippen LogP contribution in [-0.4, -0.2) is 39.6 Å². The zero-order valence-electron chi connectivity index (χ0n) is 17.0. The van der Waals surface area contributed by atoms with Crippen molar-refractivity contribution >= 4 is 29.0 Å². The van der Waals surface area contributed by atoms with Crippen molar-refractivity contribution in [3.63, 3.8) is 0 Å². The highest BCUT2D eigenvalue weighted by atomic mass is 32.2. The molecule has 1 aliphatic rings. The van der Waals surface area contributed by atoms with Crippen LogP contribution >= 0.6 is 23.1 Å². The molecule has 1 saturated carbocycles. The first-order valence-corrected chi connectivity index (χ1v) is 12.2. The number of hydrogen-bond acceptors (Lipinski definition) is 6. The van der Waals surface area contributed by atoms with Crippen LogP contribution in [0.1, 0.15) is 38.5 Å². The molecular weight excluding hydrogens is 416 g/mol. The number of hydrogen-bond donors (Lipinski definition) is 1. The zero-order chi connectivity index (χ0) is 20.8. The molecule has 1 N–H and O–H groups in total. The number of nitrogens with zero attached hydrogens (tertiary/aromatic N) is 3. The van der Waals surface area contributed by atoms with Crippen molar-refractivity contribution in [2.24, 2.45) is 0 Å². The summed E-state index contributed by atoms with van der Waals surface area (Å²) in [6.45, 7) is 0. The molecule has 3 aromatic rings. The van der Waals surface area contributed by atoms with Crippen molar-refractivity contribution in [2.45, 2.75) is 49.7 Å². The maximum atomic E-state index is 12.6. The van der Waals surface area contributed by atoms with E-state index in [4.69, 9.17) is 4.74 Å². The minimum Gasteiger partial charge on any atom is -0.495 e. The Bertz CT molecular complexity index is 963. The first kappa shape index (κ1) is 20.9. The SMILES string of the molecule is COc1ccccc1-n1c(SCC(=O)NC2CCCCCC2)nnc1-c1cccs1. The number of ether oxygens (including phenoxy) is 1. The summed E-state index contributed by atoms with van der Waals surface area (Å²) in [5, 5.41) is 14.7. The molecule has 2 aromatic heterocycles. The molecule has 6 nitrogen and oxygen atoms in total. The van der Waals surface area contributed by atoms with Gasteiger partial charge in [-0.05, 0) is 36.4 Å². The Morgan fingerprint density at radius 3 is 2.70 bits per heavy atom. The molecule has 8 heteroatoms. The van der Waals surface area contributed by atoms with Crippen LogP contribution < -0.4 is 10.1 Å². The second kappa shape index (κ2) is 10.1. The van der Waals surface area contributed by atoms with Crippen LogP contribution in [0.3, 0.4) is 0 Å². The number of aromatic nitrogens is 3. The topological polar surface area (TPSA) is 69.0 Å². The van der Waals surface area contributed by atoms with Gasteiger partial charge in [-0.3, -0.25) is 9.36 Å². The summed E-state index contributed by atoms with van der Waals surface area (Å²) in [7, 11) is 1.65. The van der Waals surface area contributed by atoms with Gasteiger partial charge in [0.2, 0.25) is 5.91 Å². The molecule has 0 spiro atoms. The van der Waals surface area contributed by atoms with Crippen molar-refractivity contribution in [3.8, 4) is 22.1 Å². The lowest BCUT2D eigenvalue weighted by Crippen LogP contribution is -2.35. The predicted molar refractivity (Wildman–Crippen MR) is 122 cm³/mol. The molecule has 2 heterocycles. The number of carbonyl (C=O) groups is 1. The van der Waals surface area contributed by atoms with Gasteiger partial charge in [-0.1, -0.05) is 55.6 Å². The number of nitrogens with one attached hydrogen (secondary N) is 1.